The van der Waals surface area contributed by atoms with E-state index in [0.717, 1.165) is 49.9 Å². The lowest BCUT2D eigenvalue weighted by molar-refractivity contribution is 0.327. The number of anilines is 2. The fourth-order valence-electron chi connectivity index (χ4n) is 2.81. The van der Waals surface area contributed by atoms with Crippen LogP contribution in [0.5, 0.6) is 5.75 Å². The van der Waals surface area contributed by atoms with Crippen molar-refractivity contribution in [1.82, 2.24) is 14.9 Å². The molecule has 20 heavy (non-hydrogen) atoms. The predicted molar refractivity (Wildman–Crippen MR) is 81.7 cm³/mol. The van der Waals surface area contributed by atoms with Gasteiger partial charge in [0.1, 0.15) is 6.33 Å². The first kappa shape index (κ1) is 14.8. The van der Waals surface area contributed by atoms with Crippen molar-refractivity contribution < 1.29 is 4.74 Å². The van der Waals surface area contributed by atoms with Crippen LogP contribution < -0.4 is 15.0 Å². The van der Waals surface area contributed by atoms with Crippen LogP contribution in [0.25, 0.3) is 0 Å². The Kier molecular flexibility index (Phi) is 5.00. The predicted octanol–water partition coefficient (Wildman–Crippen LogP) is 1.45. The molecule has 0 aliphatic carbocycles. The monoisotopic (exact) mass is 279 g/mol. The molecule has 1 saturated heterocycles. The van der Waals surface area contributed by atoms with Gasteiger partial charge < -0.3 is 19.9 Å². The van der Waals surface area contributed by atoms with E-state index in [1.807, 2.05) is 7.05 Å². The summed E-state index contributed by atoms with van der Waals surface area (Å²) in [7, 11) is 5.71. The van der Waals surface area contributed by atoms with Gasteiger partial charge in [-0.15, -0.1) is 0 Å². The lowest BCUT2D eigenvalue weighted by atomic mass is 10.2. The average molecular weight is 279 g/mol. The van der Waals surface area contributed by atoms with Gasteiger partial charge in [-0.1, -0.05) is 6.92 Å². The first-order valence-electron chi connectivity index (χ1n) is 7.23. The highest BCUT2D eigenvalue weighted by Gasteiger charge is 2.26. The molecular weight excluding hydrogens is 254 g/mol. The van der Waals surface area contributed by atoms with Crippen molar-refractivity contribution in [2.75, 3.05) is 51.1 Å². The molecule has 2 heterocycles. The summed E-state index contributed by atoms with van der Waals surface area (Å²) in [6, 6.07) is 0.455. The average Bonchev–Trinajstić information content (AvgIpc) is 2.67. The number of nitrogens with one attached hydrogen (secondary N) is 1. The molecule has 0 spiro atoms. The van der Waals surface area contributed by atoms with Crippen molar-refractivity contribution in [1.29, 1.82) is 0 Å². The number of ether oxygens (including phenoxy) is 1. The number of nitrogens with zero attached hydrogens (tertiary/aromatic N) is 4. The van der Waals surface area contributed by atoms with Crippen molar-refractivity contribution in [3.8, 4) is 5.75 Å². The van der Waals surface area contributed by atoms with Gasteiger partial charge in [-0.25, -0.2) is 9.97 Å². The van der Waals surface area contributed by atoms with E-state index in [4.69, 9.17) is 4.74 Å². The van der Waals surface area contributed by atoms with Gasteiger partial charge in [0.05, 0.1) is 7.11 Å². The fraction of sp³-hybridized carbons (Fsp3) is 0.714. The van der Waals surface area contributed by atoms with E-state index in [-0.39, 0.29) is 0 Å². The van der Waals surface area contributed by atoms with Crippen LogP contribution in [-0.4, -0.2) is 61.7 Å². The Morgan fingerprint density at radius 3 is 2.85 bits per heavy atom. The molecule has 1 atom stereocenters. The summed E-state index contributed by atoms with van der Waals surface area (Å²) in [5.74, 6) is 2.37. The van der Waals surface area contributed by atoms with Crippen molar-refractivity contribution in [2.24, 2.45) is 0 Å². The Labute approximate surface area is 121 Å². The van der Waals surface area contributed by atoms with E-state index in [9.17, 15) is 0 Å². The van der Waals surface area contributed by atoms with E-state index >= 15 is 0 Å². The molecule has 1 N–H and O–H groups in total. The molecule has 112 valence electrons. The van der Waals surface area contributed by atoms with Crippen LogP contribution in [0.2, 0.25) is 0 Å². The Morgan fingerprint density at radius 1 is 1.40 bits per heavy atom. The maximum atomic E-state index is 5.54. The third-order valence-electron chi connectivity index (χ3n) is 3.87. The minimum absolute atomic E-state index is 0.455. The highest BCUT2D eigenvalue weighted by Crippen LogP contribution is 2.33. The molecule has 0 bridgehead atoms. The van der Waals surface area contributed by atoms with E-state index in [2.05, 4.69) is 39.1 Å². The van der Waals surface area contributed by atoms with Crippen molar-refractivity contribution in [2.45, 2.75) is 25.8 Å². The first-order valence-corrected chi connectivity index (χ1v) is 7.23. The number of aromatic nitrogens is 2. The molecule has 1 aromatic heterocycles. The summed E-state index contributed by atoms with van der Waals surface area (Å²) in [6.07, 6.45) is 3.83. The van der Waals surface area contributed by atoms with E-state index < -0.39 is 0 Å². The van der Waals surface area contributed by atoms with Crippen LogP contribution in [0.15, 0.2) is 6.33 Å². The van der Waals surface area contributed by atoms with E-state index in [1.165, 1.54) is 0 Å². The fourth-order valence-corrected chi connectivity index (χ4v) is 2.81. The molecule has 1 aliphatic rings. The Balaban J connectivity index is 2.37. The highest BCUT2D eigenvalue weighted by molar-refractivity contribution is 5.65. The zero-order valence-electron chi connectivity index (χ0n) is 12.9. The second kappa shape index (κ2) is 6.74. The first-order chi connectivity index (χ1) is 9.71. The Bertz CT molecular complexity index is 440. The SMILES string of the molecule is CCC1CN(C)CCCN1c1ncnc(NC)c1OC. The van der Waals surface area contributed by atoms with Crippen molar-refractivity contribution in [3.63, 3.8) is 0 Å². The zero-order valence-corrected chi connectivity index (χ0v) is 12.9. The Morgan fingerprint density at radius 2 is 2.20 bits per heavy atom. The highest BCUT2D eigenvalue weighted by atomic mass is 16.5. The topological polar surface area (TPSA) is 53.5 Å². The molecule has 1 fully saturated rings. The van der Waals surface area contributed by atoms with Gasteiger partial charge in [-0.05, 0) is 26.4 Å². The van der Waals surface area contributed by atoms with Gasteiger partial charge in [-0.2, -0.15) is 0 Å². The van der Waals surface area contributed by atoms with Gasteiger partial charge in [0.2, 0.25) is 5.75 Å². The molecule has 0 radical (unpaired) electrons. The maximum absolute atomic E-state index is 5.54. The zero-order chi connectivity index (χ0) is 14.5. The number of likely N-dealkylation sites (N-methyl/N-ethyl adjacent to an activating group) is 1. The van der Waals surface area contributed by atoms with Gasteiger partial charge in [0.25, 0.3) is 0 Å². The molecular formula is C14H25N5O. The molecule has 0 amide bonds. The van der Waals surface area contributed by atoms with Crippen LogP contribution in [0, 0.1) is 0 Å². The summed E-state index contributed by atoms with van der Waals surface area (Å²) in [6.45, 7) is 5.40. The molecule has 2 rings (SSSR count). The van der Waals surface area contributed by atoms with E-state index in [1.54, 1.807) is 13.4 Å². The van der Waals surface area contributed by atoms with Crippen LogP contribution >= 0.6 is 0 Å². The largest absolute Gasteiger partial charge is 0.490 e. The Hall–Kier alpha value is -1.56. The standard InChI is InChI=1S/C14H25N5O/c1-5-11-9-18(3)7-6-8-19(11)14-12(20-4)13(15-2)16-10-17-14/h10-11H,5-9H2,1-4H3,(H,15,16,17). The number of rotatable bonds is 4. The lowest BCUT2D eigenvalue weighted by Gasteiger charge is -2.32. The second-order valence-corrected chi connectivity index (χ2v) is 5.20. The molecule has 0 aromatic carbocycles. The number of hydrogen-bond acceptors (Lipinski definition) is 6. The normalized spacial score (nSPS) is 20.6. The summed E-state index contributed by atoms with van der Waals surface area (Å²) >= 11 is 0. The molecule has 6 nitrogen and oxygen atoms in total. The summed E-state index contributed by atoms with van der Waals surface area (Å²) in [5, 5.41) is 3.07. The van der Waals surface area contributed by atoms with Crippen molar-refractivity contribution >= 4 is 11.6 Å². The smallest absolute Gasteiger partial charge is 0.204 e. The molecule has 0 saturated carbocycles. The number of methoxy groups -OCH3 is 1. The minimum Gasteiger partial charge on any atom is -0.490 e. The lowest BCUT2D eigenvalue weighted by Crippen LogP contribution is -2.40. The third kappa shape index (κ3) is 2.95. The second-order valence-electron chi connectivity index (χ2n) is 5.20. The summed E-state index contributed by atoms with van der Waals surface area (Å²) in [4.78, 5) is 13.5. The summed E-state index contributed by atoms with van der Waals surface area (Å²) in [5.41, 5.74) is 0. The number of hydrogen-bond donors (Lipinski definition) is 1. The van der Waals surface area contributed by atoms with Crippen LogP contribution in [0.3, 0.4) is 0 Å². The summed E-state index contributed by atoms with van der Waals surface area (Å²) < 4.78 is 5.54. The quantitative estimate of drug-likeness (QED) is 0.900. The van der Waals surface area contributed by atoms with Crippen LogP contribution in [0.4, 0.5) is 11.6 Å². The maximum Gasteiger partial charge on any atom is 0.204 e. The minimum atomic E-state index is 0.455. The third-order valence-corrected chi connectivity index (χ3v) is 3.87. The molecule has 1 aliphatic heterocycles. The van der Waals surface area contributed by atoms with Gasteiger partial charge >= 0.3 is 0 Å². The molecule has 1 aromatic rings. The van der Waals surface area contributed by atoms with Gasteiger partial charge in [0, 0.05) is 26.2 Å². The molecule has 1 unspecified atom stereocenters. The van der Waals surface area contributed by atoms with Gasteiger partial charge in [-0.3, -0.25) is 0 Å². The van der Waals surface area contributed by atoms with Crippen molar-refractivity contribution in [3.05, 3.63) is 6.33 Å². The van der Waals surface area contributed by atoms with Gasteiger partial charge in [0.15, 0.2) is 11.6 Å². The van der Waals surface area contributed by atoms with Crippen LogP contribution in [0.1, 0.15) is 19.8 Å². The van der Waals surface area contributed by atoms with Crippen LogP contribution in [-0.2, 0) is 0 Å². The van der Waals surface area contributed by atoms with E-state index in [0.29, 0.717) is 6.04 Å². The molecule has 6 heteroatoms.